The van der Waals surface area contributed by atoms with Crippen LogP contribution in [0, 0.1) is 17.8 Å². The molecule has 1 aliphatic heterocycles. The molecule has 0 saturated carbocycles. The normalized spacial score (nSPS) is 22.5. The van der Waals surface area contributed by atoms with Gasteiger partial charge in [0.25, 0.3) is 0 Å². The van der Waals surface area contributed by atoms with Crippen molar-refractivity contribution < 1.29 is 4.74 Å². The summed E-state index contributed by atoms with van der Waals surface area (Å²) in [6, 6.07) is 0. The maximum Gasteiger partial charge on any atom is 0.185 e. The summed E-state index contributed by atoms with van der Waals surface area (Å²) in [5, 5.41) is 4.68. The number of thiazole rings is 1. The van der Waals surface area contributed by atoms with Gasteiger partial charge in [0.2, 0.25) is 0 Å². The van der Waals surface area contributed by atoms with Crippen LogP contribution < -0.4 is 10.2 Å². The fourth-order valence-corrected chi connectivity index (χ4v) is 3.70. The monoisotopic (exact) mass is 311 g/mol. The van der Waals surface area contributed by atoms with Crippen molar-refractivity contribution in [3.63, 3.8) is 0 Å². The lowest BCUT2D eigenvalue weighted by atomic mass is 10.0. The third kappa shape index (κ3) is 4.41. The van der Waals surface area contributed by atoms with E-state index in [1.807, 2.05) is 11.3 Å². The average Bonchev–Trinajstić information content (AvgIpc) is 2.95. The Morgan fingerprint density at radius 3 is 2.57 bits per heavy atom. The number of methoxy groups -OCH3 is 1. The zero-order chi connectivity index (χ0) is 15.4. The highest BCUT2D eigenvalue weighted by Gasteiger charge is 2.28. The van der Waals surface area contributed by atoms with Crippen molar-refractivity contribution in [2.45, 2.75) is 40.8 Å². The van der Waals surface area contributed by atoms with Crippen molar-refractivity contribution in [1.29, 1.82) is 0 Å². The summed E-state index contributed by atoms with van der Waals surface area (Å²) < 4.78 is 5.31. The van der Waals surface area contributed by atoms with Gasteiger partial charge >= 0.3 is 0 Å². The fourth-order valence-electron chi connectivity index (χ4n) is 2.65. The smallest absolute Gasteiger partial charge is 0.185 e. The first-order chi connectivity index (χ1) is 10.0. The summed E-state index contributed by atoms with van der Waals surface area (Å²) in [5.74, 6) is 2.17. The van der Waals surface area contributed by atoms with Gasteiger partial charge in [-0.25, -0.2) is 4.98 Å². The Morgan fingerprint density at radius 1 is 1.33 bits per heavy atom. The predicted molar refractivity (Wildman–Crippen MR) is 89.9 cm³/mol. The first kappa shape index (κ1) is 16.7. The van der Waals surface area contributed by atoms with Crippen LogP contribution in [0.1, 0.15) is 38.3 Å². The average molecular weight is 311 g/mol. The van der Waals surface area contributed by atoms with E-state index < -0.39 is 0 Å². The van der Waals surface area contributed by atoms with Crippen LogP contribution in [0.2, 0.25) is 0 Å². The van der Waals surface area contributed by atoms with Gasteiger partial charge in [0.15, 0.2) is 5.13 Å². The van der Waals surface area contributed by atoms with E-state index in [-0.39, 0.29) is 0 Å². The van der Waals surface area contributed by atoms with Gasteiger partial charge in [-0.15, -0.1) is 11.3 Å². The molecule has 1 aromatic heterocycles. The third-order valence-corrected chi connectivity index (χ3v) is 5.30. The summed E-state index contributed by atoms with van der Waals surface area (Å²) in [6.07, 6.45) is 0. The minimum absolute atomic E-state index is 0.605. The van der Waals surface area contributed by atoms with Gasteiger partial charge in [-0.1, -0.05) is 27.7 Å². The van der Waals surface area contributed by atoms with E-state index in [9.17, 15) is 0 Å². The molecule has 5 heteroatoms. The lowest BCUT2D eigenvalue weighted by molar-refractivity contribution is 0.181. The number of aromatic nitrogens is 1. The van der Waals surface area contributed by atoms with Crippen molar-refractivity contribution in [3.8, 4) is 0 Å². The Morgan fingerprint density at radius 2 is 2.00 bits per heavy atom. The van der Waals surface area contributed by atoms with Crippen LogP contribution >= 0.6 is 11.3 Å². The fraction of sp³-hybridized carbons (Fsp3) is 0.812. The molecule has 21 heavy (non-hydrogen) atoms. The summed E-state index contributed by atoms with van der Waals surface area (Å²) in [4.78, 5) is 8.58. The summed E-state index contributed by atoms with van der Waals surface area (Å²) in [5.41, 5.74) is 1.10. The molecule has 1 aliphatic rings. The quantitative estimate of drug-likeness (QED) is 0.839. The highest BCUT2D eigenvalue weighted by Crippen LogP contribution is 2.32. The van der Waals surface area contributed by atoms with E-state index in [0.717, 1.165) is 43.7 Å². The molecule has 1 fully saturated rings. The first-order valence-electron chi connectivity index (χ1n) is 7.94. The Hall–Kier alpha value is -0.650. The number of nitrogens with one attached hydrogen (secondary N) is 1. The Bertz CT molecular complexity index is 437. The zero-order valence-corrected chi connectivity index (χ0v) is 14.8. The number of rotatable bonds is 7. The van der Waals surface area contributed by atoms with Crippen molar-refractivity contribution in [2.24, 2.45) is 17.8 Å². The van der Waals surface area contributed by atoms with Gasteiger partial charge in [0, 0.05) is 31.6 Å². The Labute approximate surface area is 132 Å². The lowest BCUT2D eigenvalue weighted by Gasteiger charge is -2.13. The van der Waals surface area contributed by atoms with E-state index in [4.69, 9.17) is 9.72 Å². The summed E-state index contributed by atoms with van der Waals surface area (Å²) >= 11 is 1.82. The number of nitrogens with zero attached hydrogens (tertiary/aromatic N) is 2. The molecule has 0 aromatic carbocycles. The largest absolute Gasteiger partial charge is 0.378 e. The number of ether oxygens (including phenoxy) is 1. The van der Waals surface area contributed by atoms with Crippen LogP contribution in [0.4, 0.5) is 5.13 Å². The van der Waals surface area contributed by atoms with Gasteiger partial charge in [-0.2, -0.15) is 0 Å². The van der Waals surface area contributed by atoms with Crippen molar-refractivity contribution in [2.75, 3.05) is 31.6 Å². The van der Waals surface area contributed by atoms with Gasteiger partial charge in [0.05, 0.1) is 12.3 Å². The molecule has 0 radical (unpaired) electrons. The highest BCUT2D eigenvalue weighted by atomic mass is 32.1. The highest BCUT2D eigenvalue weighted by molar-refractivity contribution is 7.15. The zero-order valence-electron chi connectivity index (χ0n) is 14.0. The van der Waals surface area contributed by atoms with E-state index >= 15 is 0 Å². The van der Waals surface area contributed by atoms with E-state index in [1.165, 1.54) is 10.0 Å². The van der Waals surface area contributed by atoms with Crippen LogP contribution in [0.25, 0.3) is 0 Å². The second-order valence-electron chi connectivity index (χ2n) is 6.68. The van der Waals surface area contributed by atoms with Gasteiger partial charge in [-0.3, -0.25) is 0 Å². The molecular formula is C16H29N3OS. The minimum atomic E-state index is 0.605. The van der Waals surface area contributed by atoms with Crippen molar-refractivity contribution in [3.05, 3.63) is 10.6 Å². The minimum Gasteiger partial charge on any atom is -0.378 e. The van der Waals surface area contributed by atoms with Crippen LogP contribution in [-0.2, 0) is 17.9 Å². The molecule has 120 valence electrons. The van der Waals surface area contributed by atoms with Crippen LogP contribution in [0.3, 0.4) is 0 Å². The van der Waals surface area contributed by atoms with E-state index in [0.29, 0.717) is 12.5 Å². The molecule has 2 unspecified atom stereocenters. The molecule has 2 heterocycles. The Balaban J connectivity index is 2.05. The molecule has 0 spiro atoms. The maximum absolute atomic E-state index is 5.31. The number of hydrogen-bond acceptors (Lipinski definition) is 5. The van der Waals surface area contributed by atoms with Gasteiger partial charge < -0.3 is 15.0 Å². The van der Waals surface area contributed by atoms with Crippen LogP contribution in [0.5, 0.6) is 0 Å². The number of anilines is 1. The van der Waals surface area contributed by atoms with E-state index in [1.54, 1.807) is 7.11 Å². The lowest BCUT2D eigenvalue weighted by Crippen LogP contribution is -2.19. The molecular weight excluding hydrogens is 282 g/mol. The molecule has 1 N–H and O–H groups in total. The van der Waals surface area contributed by atoms with Crippen molar-refractivity contribution in [1.82, 2.24) is 10.3 Å². The topological polar surface area (TPSA) is 37.4 Å². The van der Waals surface area contributed by atoms with Gasteiger partial charge in [0.1, 0.15) is 0 Å². The second kappa shape index (κ2) is 7.56. The van der Waals surface area contributed by atoms with Gasteiger partial charge in [-0.05, 0) is 24.3 Å². The molecule has 2 atom stereocenters. The predicted octanol–water partition coefficient (Wildman–Crippen LogP) is 3.13. The molecule has 4 nitrogen and oxygen atoms in total. The van der Waals surface area contributed by atoms with Crippen LogP contribution in [0.15, 0.2) is 0 Å². The molecule has 0 bridgehead atoms. The SMILES string of the molecule is COCc1nc(N2CC(C)C(C)C2)sc1CNCC(C)C. The Kier molecular flexibility index (Phi) is 6.02. The molecule has 0 aliphatic carbocycles. The van der Waals surface area contributed by atoms with E-state index in [2.05, 4.69) is 37.9 Å². The summed E-state index contributed by atoms with van der Waals surface area (Å²) in [7, 11) is 1.74. The number of hydrogen-bond donors (Lipinski definition) is 1. The van der Waals surface area contributed by atoms with Crippen molar-refractivity contribution >= 4 is 16.5 Å². The second-order valence-corrected chi connectivity index (χ2v) is 7.75. The molecule has 1 saturated heterocycles. The summed E-state index contributed by atoms with van der Waals surface area (Å²) in [6.45, 7) is 13.9. The van der Waals surface area contributed by atoms with Crippen LogP contribution in [-0.4, -0.2) is 31.7 Å². The standard InChI is InChI=1S/C16H29N3OS/c1-11(2)6-17-7-15-14(10-20-5)18-16(21-15)19-8-12(3)13(4)9-19/h11-13,17H,6-10H2,1-5H3. The maximum atomic E-state index is 5.31. The molecule has 2 rings (SSSR count). The molecule has 1 aromatic rings. The molecule has 0 amide bonds. The first-order valence-corrected chi connectivity index (χ1v) is 8.76. The third-order valence-electron chi connectivity index (χ3n) is 4.14.